The van der Waals surface area contributed by atoms with Crippen LogP contribution in [-0.4, -0.2) is 25.9 Å². The third kappa shape index (κ3) is 4.84. The van der Waals surface area contributed by atoms with Crippen molar-refractivity contribution in [1.82, 2.24) is 20.1 Å². The van der Waals surface area contributed by atoms with Gasteiger partial charge < -0.3 is 9.88 Å². The van der Waals surface area contributed by atoms with Gasteiger partial charge in [-0.25, -0.2) is 0 Å². The first-order chi connectivity index (χ1) is 12.1. The standard InChI is InChI=1S/C19H26N4OS/c1-14-8-10-17(11-9-14)25-15(2)19(24)20-12-18-22-21-13-23(18)16-6-4-3-5-7-16/h8-11,13,15-16H,3-7,12H2,1-2H3,(H,20,24). The van der Waals surface area contributed by atoms with Crippen LogP contribution in [0.15, 0.2) is 35.5 Å². The lowest BCUT2D eigenvalue weighted by molar-refractivity contribution is -0.120. The van der Waals surface area contributed by atoms with Crippen molar-refractivity contribution >= 4 is 17.7 Å². The summed E-state index contributed by atoms with van der Waals surface area (Å²) in [5, 5.41) is 11.1. The molecule has 0 spiro atoms. The highest BCUT2D eigenvalue weighted by molar-refractivity contribution is 8.00. The van der Waals surface area contributed by atoms with Crippen molar-refractivity contribution in [3.63, 3.8) is 0 Å². The number of carbonyl (C=O) groups is 1. The van der Waals surface area contributed by atoms with Gasteiger partial charge in [-0.15, -0.1) is 22.0 Å². The molecule has 1 saturated carbocycles. The van der Waals surface area contributed by atoms with E-state index in [2.05, 4.69) is 51.3 Å². The van der Waals surface area contributed by atoms with Crippen molar-refractivity contribution in [3.8, 4) is 0 Å². The third-order valence-corrected chi connectivity index (χ3v) is 5.85. The van der Waals surface area contributed by atoms with Gasteiger partial charge in [0.15, 0.2) is 5.82 Å². The molecule has 1 atom stereocenters. The Labute approximate surface area is 153 Å². The van der Waals surface area contributed by atoms with Gasteiger partial charge in [0, 0.05) is 10.9 Å². The van der Waals surface area contributed by atoms with Gasteiger partial charge in [0.05, 0.1) is 11.8 Å². The monoisotopic (exact) mass is 358 g/mol. The van der Waals surface area contributed by atoms with Crippen LogP contribution in [0.1, 0.15) is 56.5 Å². The number of aryl methyl sites for hydroxylation is 1. The van der Waals surface area contributed by atoms with Crippen LogP contribution in [0.25, 0.3) is 0 Å². The summed E-state index contributed by atoms with van der Waals surface area (Å²) in [6.07, 6.45) is 8.01. The fourth-order valence-electron chi connectivity index (χ4n) is 3.24. The zero-order chi connectivity index (χ0) is 17.6. The molecule has 1 amide bonds. The van der Waals surface area contributed by atoms with Crippen LogP contribution in [0, 0.1) is 6.92 Å². The maximum absolute atomic E-state index is 12.4. The topological polar surface area (TPSA) is 59.8 Å². The van der Waals surface area contributed by atoms with E-state index in [0.29, 0.717) is 12.6 Å². The lowest BCUT2D eigenvalue weighted by Gasteiger charge is -2.24. The van der Waals surface area contributed by atoms with E-state index in [4.69, 9.17) is 0 Å². The van der Waals surface area contributed by atoms with Crippen molar-refractivity contribution in [2.45, 2.75) is 68.7 Å². The van der Waals surface area contributed by atoms with Gasteiger partial charge in [-0.05, 0) is 38.8 Å². The van der Waals surface area contributed by atoms with Crippen LogP contribution >= 0.6 is 11.8 Å². The second kappa shape index (κ2) is 8.52. The molecule has 1 fully saturated rings. The van der Waals surface area contributed by atoms with E-state index >= 15 is 0 Å². The number of hydrogen-bond acceptors (Lipinski definition) is 4. The Balaban J connectivity index is 1.53. The molecule has 0 saturated heterocycles. The highest BCUT2D eigenvalue weighted by Gasteiger charge is 2.20. The average molecular weight is 359 g/mol. The quantitative estimate of drug-likeness (QED) is 0.796. The Kier molecular flexibility index (Phi) is 6.13. The predicted octanol–water partition coefficient (Wildman–Crippen LogP) is 3.89. The number of hydrogen-bond donors (Lipinski definition) is 1. The molecule has 1 aliphatic rings. The lowest BCUT2D eigenvalue weighted by Crippen LogP contribution is -2.31. The normalized spacial score (nSPS) is 16.6. The fourth-order valence-corrected chi connectivity index (χ4v) is 4.13. The Bertz CT molecular complexity index is 692. The number of thioether (sulfide) groups is 1. The lowest BCUT2D eigenvalue weighted by atomic mass is 9.95. The van der Waals surface area contributed by atoms with E-state index in [1.807, 2.05) is 13.3 Å². The zero-order valence-corrected chi connectivity index (χ0v) is 15.8. The van der Waals surface area contributed by atoms with E-state index in [0.717, 1.165) is 10.7 Å². The largest absolute Gasteiger partial charge is 0.348 e. The summed E-state index contributed by atoms with van der Waals surface area (Å²) < 4.78 is 2.15. The minimum absolute atomic E-state index is 0.0313. The van der Waals surface area contributed by atoms with Crippen molar-refractivity contribution < 1.29 is 4.79 Å². The number of rotatable bonds is 6. The smallest absolute Gasteiger partial charge is 0.233 e. The molecule has 1 unspecified atom stereocenters. The van der Waals surface area contributed by atoms with Gasteiger partial charge in [0.25, 0.3) is 0 Å². The molecule has 3 rings (SSSR count). The summed E-state index contributed by atoms with van der Waals surface area (Å²) in [7, 11) is 0. The molecule has 1 heterocycles. The first-order valence-electron chi connectivity index (χ1n) is 9.03. The van der Waals surface area contributed by atoms with Crippen LogP contribution in [0.4, 0.5) is 0 Å². The van der Waals surface area contributed by atoms with Crippen molar-refractivity contribution in [2.24, 2.45) is 0 Å². The van der Waals surface area contributed by atoms with Crippen LogP contribution in [0.2, 0.25) is 0 Å². The van der Waals surface area contributed by atoms with Crippen molar-refractivity contribution in [3.05, 3.63) is 42.0 Å². The summed E-state index contributed by atoms with van der Waals surface area (Å²) in [5.41, 5.74) is 1.23. The molecule has 1 aliphatic carbocycles. The molecule has 25 heavy (non-hydrogen) atoms. The van der Waals surface area contributed by atoms with Gasteiger partial charge in [-0.3, -0.25) is 4.79 Å². The Morgan fingerprint density at radius 2 is 2.00 bits per heavy atom. The molecule has 0 bridgehead atoms. The Hall–Kier alpha value is -1.82. The van der Waals surface area contributed by atoms with Crippen molar-refractivity contribution in [1.29, 1.82) is 0 Å². The first-order valence-corrected chi connectivity index (χ1v) is 9.91. The van der Waals surface area contributed by atoms with Gasteiger partial charge in [0.1, 0.15) is 6.33 Å². The van der Waals surface area contributed by atoms with Gasteiger partial charge in [-0.2, -0.15) is 0 Å². The number of nitrogens with one attached hydrogen (secondary N) is 1. The molecule has 5 nitrogen and oxygen atoms in total. The summed E-state index contributed by atoms with van der Waals surface area (Å²) in [6, 6.07) is 8.74. The van der Waals surface area contributed by atoms with E-state index in [9.17, 15) is 4.79 Å². The molecule has 0 radical (unpaired) electrons. The fraction of sp³-hybridized carbons (Fsp3) is 0.526. The molecule has 1 N–H and O–H groups in total. The second-order valence-electron chi connectivity index (χ2n) is 6.74. The van der Waals surface area contributed by atoms with Crippen LogP contribution in [0.3, 0.4) is 0 Å². The van der Waals surface area contributed by atoms with Gasteiger partial charge in [0.2, 0.25) is 5.91 Å². The zero-order valence-electron chi connectivity index (χ0n) is 14.9. The predicted molar refractivity (Wildman–Crippen MR) is 100 cm³/mol. The maximum atomic E-state index is 12.4. The van der Waals surface area contributed by atoms with E-state index in [-0.39, 0.29) is 11.2 Å². The van der Waals surface area contributed by atoms with Gasteiger partial charge >= 0.3 is 0 Å². The van der Waals surface area contributed by atoms with E-state index in [1.54, 1.807) is 11.8 Å². The average Bonchev–Trinajstić information content (AvgIpc) is 3.11. The van der Waals surface area contributed by atoms with E-state index < -0.39 is 0 Å². The van der Waals surface area contributed by atoms with E-state index in [1.165, 1.54) is 37.7 Å². The SMILES string of the molecule is Cc1ccc(SC(C)C(=O)NCc2nncn2C2CCCCC2)cc1. The summed E-state index contributed by atoms with van der Waals surface area (Å²) in [6.45, 7) is 4.44. The summed E-state index contributed by atoms with van der Waals surface area (Å²) in [4.78, 5) is 13.5. The molecule has 1 aromatic heterocycles. The molecule has 1 aromatic carbocycles. The number of carbonyl (C=O) groups excluding carboxylic acids is 1. The van der Waals surface area contributed by atoms with Crippen LogP contribution < -0.4 is 5.32 Å². The summed E-state index contributed by atoms with van der Waals surface area (Å²) in [5.74, 6) is 0.886. The molecule has 6 heteroatoms. The molecule has 0 aliphatic heterocycles. The van der Waals surface area contributed by atoms with Crippen LogP contribution in [0.5, 0.6) is 0 Å². The van der Waals surface area contributed by atoms with Gasteiger partial charge in [-0.1, -0.05) is 37.0 Å². The Morgan fingerprint density at radius 1 is 1.28 bits per heavy atom. The molecule has 134 valence electrons. The van der Waals surface area contributed by atoms with Crippen molar-refractivity contribution in [2.75, 3.05) is 0 Å². The first kappa shape index (κ1) is 18.0. The van der Waals surface area contributed by atoms with Crippen LogP contribution in [-0.2, 0) is 11.3 Å². The third-order valence-electron chi connectivity index (χ3n) is 4.74. The number of benzene rings is 1. The number of nitrogens with zero attached hydrogens (tertiary/aromatic N) is 3. The number of amides is 1. The Morgan fingerprint density at radius 3 is 2.72 bits per heavy atom. The summed E-state index contributed by atoms with van der Waals surface area (Å²) >= 11 is 1.57. The molecular formula is C19H26N4OS. The minimum Gasteiger partial charge on any atom is -0.348 e. The number of aromatic nitrogens is 3. The molecular weight excluding hydrogens is 332 g/mol. The maximum Gasteiger partial charge on any atom is 0.233 e. The highest BCUT2D eigenvalue weighted by atomic mass is 32.2. The highest BCUT2D eigenvalue weighted by Crippen LogP contribution is 2.28. The second-order valence-corrected chi connectivity index (χ2v) is 8.15. The molecule has 2 aromatic rings. The minimum atomic E-state index is -0.145.